The quantitative estimate of drug-likeness (QED) is 0.812. The number of aromatic amines is 1. The van der Waals surface area contributed by atoms with Crippen molar-refractivity contribution in [2.75, 3.05) is 6.61 Å². The zero-order valence-electron chi connectivity index (χ0n) is 13.0. The fourth-order valence-electron chi connectivity index (χ4n) is 2.78. The standard InChI is InChI=1S/C16H15Cl2N3O3/c1-3-23-16(22)13-12(11-8(17)5-4-6-9(11)18)10-7(2)20-21-15(10)24-14(13)19/h4-6,12H,3,19H2,1-2H3,(H,20,21)/t12-/m0/s1. The molecule has 1 aliphatic heterocycles. The van der Waals surface area contributed by atoms with Crippen LogP contribution in [0.2, 0.25) is 10.0 Å². The van der Waals surface area contributed by atoms with Crippen molar-refractivity contribution >= 4 is 29.2 Å². The molecule has 0 fully saturated rings. The predicted octanol–water partition coefficient (Wildman–Crippen LogP) is 3.28. The molecule has 1 atom stereocenters. The van der Waals surface area contributed by atoms with Crippen LogP contribution in [0, 0.1) is 6.92 Å². The van der Waals surface area contributed by atoms with Crippen LogP contribution >= 0.6 is 23.2 Å². The first-order valence-corrected chi connectivity index (χ1v) is 8.04. The van der Waals surface area contributed by atoms with Gasteiger partial charge in [0.15, 0.2) is 0 Å². The lowest BCUT2D eigenvalue weighted by molar-refractivity contribution is -0.139. The van der Waals surface area contributed by atoms with Crippen LogP contribution in [0.1, 0.15) is 29.7 Å². The first-order chi connectivity index (χ1) is 11.5. The molecule has 1 aliphatic rings. The van der Waals surface area contributed by atoms with Gasteiger partial charge in [0.2, 0.25) is 11.8 Å². The number of aromatic nitrogens is 2. The van der Waals surface area contributed by atoms with Gasteiger partial charge < -0.3 is 15.2 Å². The molecule has 0 unspecified atom stereocenters. The van der Waals surface area contributed by atoms with E-state index in [0.717, 1.165) is 5.69 Å². The monoisotopic (exact) mass is 367 g/mol. The Kier molecular flexibility index (Phi) is 4.43. The summed E-state index contributed by atoms with van der Waals surface area (Å²) in [5.74, 6) is -0.998. The van der Waals surface area contributed by atoms with Crippen molar-refractivity contribution in [1.82, 2.24) is 10.2 Å². The van der Waals surface area contributed by atoms with Crippen molar-refractivity contribution in [2.24, 2.45) is 5.73 Å². The first-order valence-electron chi connectivity index (χ1n) is 7.29. The highest BCUT2D eigenvalue weighted by Gasteiger charge is 2.40. The summed E-state index contributed by atoms with van der Waals surface area (Å²) in [6.07, 6.45) is 0. The number of nitrogens with two attached hydrogens (primary N) is 1. The number of rotatable bonds is 3. The molecule has 3 N–H and O–H groups in total. The zero-order chi connectivity index (χ0) is 17.4. The van der Waals surface area contributed by atoms with Crippen LogP contribution in [0.5, 0.6) is 5.88 Å². The average Bonchev–Trinajstić information content (AvgIpc) is 2.87. The lowest BCUT2D eigenvalue weighted by Gasteiger charge is -2.27. The smallest absolute Gasteiger partial charge is 0.340 e. The second-order valence-corrected chi connectivity index (χ2v) is 6.05. The van der Waals surface area contributed by atoms with Crippen LogP contribution in [0.3, 0.4) is 0 Å². The number of aryl methyl sites for hydroxylation is 1. The summed E-state index contributed by atoms with van der Waals surface area (Å²) in [6.45, 7) is 3.73. The van der Waals surface area contributed by atoms with Crippen LogP contribution < -0.4 is 10.5 Å². The van der Waals surface area contributed by atoms with E-state index in [1.165, 1.54) is 0 Å². The summed E-state index contributed by atoms with van der Waals surface area (Å²) in [5.41, 5.74) is 8.07. The van der Waals surface area contributed by atoms with Crippen molar-refractivity contribution in [3.8, 4) is 5.88 Å². The Morgan fingerprint density at radius 1 is 1.38 bits per heavy atom. The van der Waals surface area contributed by atoms with Gasteiger partial charge in [-0.05, 0) is 26.0 Å². The minimum absolute atomic E-state index is 0.0755. The van der Waals surface area contributed by atoms with Crippen molar-refractivity contribution in [3.05, 3.63) is 56.5 Å². The molecule has 24 heavy (non-hydrogen) atoms. The van der Waals surface area contributed by atoms with Crippen LogP contribution in [-0.4, -0.2) is 22.8 Å². The first kappa shape index (κ1) is 16.7. The Bertz CT molecular complexity index is 825. The van der Waals surface area contributed by atoms with Gasteiger partial charge in [0.1, 0.15) is 5.57 Å². The van der Waals surface area contributed by atoms with Gasteiger partial charge in [0.05, 0.1) is 12.5 Å². The summed E-state index contributed by atoms with van der Waals surface area (Å²) in [7, 11) is 0. The van der Waals surface area contributed by atoms with E-state index in [2.05, 4.69) is 10.2 Å². The van der Waals surface area contributed by atoms with E-state index in [-0.39, 0.29) is 18.1 Å². The number of fused-ring (bicyclic) bond motifs is 1. The predicted molar refractivity (Wildman–Crippen MR) is 90.1 cm³/mol. The molecule has 0 saturated carbocycles. The minimum Gasteiger partial charge on any atom is -0.462 e. The number of ether oxygens (including phenoxy) is 2. The molecule has 0 bridgehead atoms. The van der Waals surface area contributed by atoms with Gasteiger partial charge in [-0.15, -0.1) is 5.10 Å². The molecule has 0 saturated heterocycles. The second-order valence-electron chi connectivity index (χ2n) is 5.24. The van der Waals surface area contributed by atoms with Gasteiger partial charge >= 0.3 is 5.97 Å². The highest BCUT2D eigenvalue weighted by atomic mass is 35.5. The number of hydrogen-bond donors (Lipinski definition) is 2. The van der Waals surface area contributed by atoms with Gasteiger partial charge in [-0.3, -0.25) is 5.10 Å². The molecule has 2 heterocycles. The number of carbonyl (C=O) groups excluding carboxylic acids is 1. The maximum absolute atomic E-state index is 12.5. The number of benzene rings is 1. The normalized spacial score (nSPS) is 16.6. The fourth-order valence-corrected chi connectivity index (χ4v) is 3.40. The number of nitrogens with one attached hydrogen (secondary N) is 1. The molecule has 8 heteroatoms. The van der Waals surface area contributed by atoms with Gasteiger partial charge in [-0.1, -0.05) is 29.3 Å². The SMILES string of the molecule is CCOC(=O)C1=C(N)Oc2n[nH]c(C)c2[C@H]1c1c(Cl)cccc1Cl. The van der Waals surface area contributed by atoms with Gasteiger partial charge in [-0.25, -0.2) is 4.79 Å². The summed E-state index contributed by atoms with van der Waals surface area (Å²) in [5, 5.41) is 7.74. The van der Waals surface area contributed by atoms with Crippen LogP contribution in [0.15, 0.2) is 29.7 Å². The molecule has 6 nitrogen and oxygen atoms in total. The third-order valence-electron chi connectivity index (χ3n) is 3.79. The highest BCUT2D eigenvalue weighted by molar-refractivity contribution is 6.36. The van der Waals surface area contributed by atoms with Gasteiger partial charge in [-0.2, -0.15) is 0 Å². The highest BCUT2D eigenvalue weighted by Crippen LogP contribution is 2.47. The molecular formula is C16H15Cl2N3O3. The molecule has 0 spiro atoms. The van der Waals surface area contributed by atoms with Crippen LogP contribution in [0.25, 0.3) is 0 Å². The third kappa shape index (κ3) is 2.61. The number of H-pyrrole nitrogens is 1. The lowest BCUT2D eigenvalue weighted by Crippen LogP contribution is -2.27. The van der Waals surface area contributed by atoms with Crippen molar-refractivity contribution in [3.63, 3.8) is 0 Å². The Labute approximate surface area is 148 Å². The zero-order valence-corrected chi connectivity index (χ0v) is 14.5. The second kappa shape index (κ2) is 6.37. The molecular weight excluding hydrogens is 353 g/mol. The van der Waals surface area contributed by atoms with E-state index in [0.29, 0.717) is 27.1 Å². The molecule has 126 valence electrons. The molecule has 3 rings (SSSR count). The molecule has 2 aromatic rings. The topological polar surface area (TPSA) is 90.2 Å². The fraction of sp³-hybridized carbons (Fsp3) is 0.250. The van der Waals surface area contributed by atoms with Crippen molar-refractivity contribution < 1.29 is 14.3 Å². The average molecular weight is 368 g/mol. The molecule has 0 radical (unpaired) electrons. The van der Waals surface area contributed by atoms with Crippen molar-refractivity contribution in [2.45, 2.75) is 19.8 Å². The molecule has 1 aromatic carbocycles. The van der Waals surface area contributed by atoms with E-state index in [9.17, 15) is 4.79 Å². The minimum atomic E-state index is -0.632. The molecule has 0 aliphatic carbocycles. The Balaban J connectivity index is 2.28. The summed E-state index contributed by atoms with van der Waals surface area (Å²) >= 11 is 12.7. The largest absolute Gasteiger partial charge is 0.462 e. The summed E-state index contributed by atoms with van der Waals surface area (Å²) in [4.78, 5) is 12.5. The van der Waals surface area contributed by atoms with E-state index >= 15 is 0 Å². The van der Waals surface area contributed by atoms with Gasteiger partial charge in [0, 0.05) is 26.9 Å². The van der Waals surface area contributed by atoms with E-state index in [1.54, 1.807) is 25.1 Å². The summed E-state index contributed by atoms with van der Waals surface area (Å²) < 4.78 is 10.6. The number of nitrogens with zero attached hydrogens (tertiary/aromatic N) is 1. The summed E-state index contributed by atoms with van der Waals surface area (Å²) in [6, 6.07) is 5.13. The van der Waals surface area contributed by atoms with Crippen molar-refractivity contribution in [1.29, 1.82) is 0 Å². The van der Waals surface area contributed by atoms with E-state index in [1.807, 2.05) is 6.92 Å². The van der Waals surface area contributed by atoms with Crippen LogP contribution in [-0.2, 0) is 9.53 Å². The van der Waals surface area contributed by atoms with Crippen LogP contribution in [0.4, 0.5) is 0 Å². The Hall–Kier alpha value is -2.18. The maximum atomic E-state index is 12.5. The molecule has 1 aromatic heterocycles. The number of hydrogen-bond acceptors (Lipinski definition) is 5. The van der Waals surface area contributed by atoms with E-state index < -0.39 is 11.9 Å². The molecule has 0 amide bonds. The third-order valence-corrected chi connectivity index (χ3v) is 4.45. The van der Waals surface area contributed by atoms with Gasteiger partial charge in [0.25, 0.3) is 0 Å². The Morgan fingerprint density at radius 3 is 2.67 bits per heavy atom. The number of esters is 1. The Morgan fingerprint density at radius 2 is 2.04 bits per heavy atom. The number of halogens is 2. The van der Waals surface area contributed by atoms with E-state index in [4.69, 9.17) is 38.4 Å². The maximum Gasteiger partial charge on any atom is 0.340 e. The number of carbonyl (C=O) groups is 1. The lowest BCUT2D eigenvalue weighted by atomic mass is 9.83.